The Morgan fingerprint density at radius 1 is 1.30 bits per heavy atom. The Balaban J connectivity index is 3.65. The number of rotatable bonds is 3. The first-order chi connectivity index (χ1) is 4.81. The molecule has 0 aromatic carbocycles. The smallest absolute Gasteiger partial charge is 0.0953 e. The van der Waals surface area contributed by atoms with Gasteiger partial charge in [0, 0.05) is 20.3 Å². The number of aliphatic imine (C=N–C) groups is 2. The summed E-state index contributed by atoms with van der Waals surface area (Å²) < 4.78 is 0. The third-order valence-electron chi connectivity index (χ3n) is 0.782. The van der Waals surface area contributed by atoms with E-state index in [9.17, 15) is 0 Å². The van der Waals surface area contributed by atoms with Gasteiger partial charge in [-0.25, -0.2) is 4.99 Å². The number of hydrogen-bond acceptors (Lipinski definition) is 2. The van der Waals surface area contributed by atoms with Crippen LogP contribution in [0.15, 0.2) is 22.3 Å². The van der Waals surface area contributed by atoms with E-state index in [0.29, 0.717) is 0 Å². The van der Waals surface area contributed by atoms with Crippen molar-refractivity contribution in [2.75, 3.05) is 14.1 Å². The number of hydrogen-bond donors (Lipinski definition) is 0. The minimum atomic E-state index is 1.69. The van der Waals surface area contributed by atoms with Crippen molar-refractivity contribution in [1.29, 1.82) is 0 Å². The molecule has 0 N–H and O–H groups in total. The van der Waals surface area contributed by atoms with Crippen LogP contribution in [0.5, 0.6) is 0 Å². The van der Waals surface area contributed by atoms with Gasteiger partial charge in [0.1, 0.15) is 0 Å². The average Bonchev–Trinajstić information content (AvgIpc) is 1.89. The van der Waals surface area contributed by atoms with E-state index in [4.69, 9.17) is 0 Å². The maximum atomic E-state index is 3.94. The van der Waals surface area contributed by atoms with Gasteiger partial charge in [0.25, 0.3) is 0 Å². The van der Waals surface area contributed by atoms with Crippen molar-refractivity contribution in [2.45, 2.75) is 6.92 Å². The first-order valence-electron chi connectivity index (χ1n) is 3.10. The zero-order chi connectivity index (χ0) is 7.82. The summed E-state index contributed by atoms with van der Waals surface area (Å²) in [5.41, 5.74) is 0. The molecule has 0 aliphatic carbocycles. The van der Waals surface area contributed by atoms with Crippen LogP contribution in [-0.4, -0.2) is 31.7 Å². The molecule has 0 aliphatic heterocycles. The molecule has 3 nitrogen and oxygen atoms in total. The van der Waals surface area contributed by atoms with Gasteiger partial charge in [0.2, 0.25) is 0 Å². The van der Waals surface area contributed by atoms with E-state index in [1.807, 2.05) is 20.0 Å². The molecule has 56 valence electrons. The van der Waals surface area contributed by atoms with Crippen molar-refractivity contribution in [3.8, 4) is 0 Å². The molecule has 0 saturated heterocycles. The van der Waals surface area contributed by atoms with Crippen LogP contribution in [-0.2, 0) is 0 Å². The zero-order valence-corrected chi connectivity index (χ0v) is 6.65. The molecule has 0 fully saturated rings. The third kappa shape index (κ3) is 5.03. The van der Waals surface area contributed by atoms with Crippen LogP contribution < -0.4 is 0 Å². The molecular weight excluding hydrogens is 126 g/mol. The summed E-state index contributed by atoms with van der Waals surface area (Å²) in [4.78, 5) is 9.52. The molecular formula is C7H13N3. The summed E-state index contributed by atoms with van der Waals surface area (Å²) in [6, 6.07) is 0. The van der Waals surface area contributed by atoms with Crippen LogP contribution in [0.25, 0.3) is 0 Å². The standard InChI is InChI=1S/C7H13N3/c1-4-5-9-7-10(3)6-8-2/h4-7H,1-3H3/b5-4+,8-6?,9-7?. The number of allylic oxidation sites excluding steroid dienone is 1. The second-order valence-electron chi connectivity index (χ2n) is 1.79. The van der Waals surface area contributed by atoms with E-state index in [0.717, 1.165) is 0 Å². The summed E-state index contributed by atoms with van der Waals surface area (Å²) in [6.45, 7) is 1.92. The third-order valence-corrected chi connectivity index (χ3v) is 0.782. The van der Waals surface area contributed by atoms with Crippen LogP contribution in [0, 0.1) is 0 Å². The Morgan fingerprint density at radius 2 is 2.00 bits per heavy atom. The highest BCUT2D eigenvalue weighted by Crippen LogP contribution is 1.73. The normalized spacial score (nSPS) is 12.3. The lowest BCUT2D eigenvalue weighted by Gasteiger charge is -2.01. The SMILES string of the molecule is C/C=C/N=CN(C)C=NC. The van der Waals surface area contributed by atoms with Crippen molar-refractivity contribution < 1.29 is 0 Å². The molecule has 0 unspecified atom stereocenters. The van der Waals surface area contributed by atoms with Gasteiger partial charge in [-0.3, -0.25) is 4.99 Å². The fourth-order valence-electron chi connectivity index (χ4n) is 0.442. The summed E-state index contributed by atoms with van der Waals surface area (Å²) in [6.07, 6.45) is 6.97. The molecule has 0 aromatic rings. The van der Waals surface area contributed by atoms with E-state index in [1.165, 1.54) is 0 Å². The summed E-state index contributed by atoms with van der Waals surface area (Å²) in [7, 11) is 3.60. The van der Waals surface area contributed by atoms with Gasteiger partial charge in [0.15, 0.2) is 0 Å². The topological polar surface area (TPSA) is 28.0 Å². The van der Waals surface area contributed by atoms with E-state index in [1.54, 1.807) is 30.8 Å². The van der Waals surface area contributed by atoms with Crippen molar-refractivity contribution >= 4 is 12.7 Å². The van der Waals surface area contributed by atoms with Gasteiger partial charge in [-0.2, -0.15) is 0 Å². The predicted octanol–water partition coefficient (Wildman–Crippen LogP) is 1.14. The lowest BCUT2D eigenvalue weighted by atomic mass is 10.7. The summed E-state index contributed by atoms with van der Waals surface area (Å²) >= 11 is 0. The Kier molecular flexibility index (Phi) is 5.33. The van der Waals surface area contributed by atoms with E-state index in [-0.39, 0.29) is 0 Å². The monoisotopic (exact) mass is 139 g/mol. The second kappa shape index (κ2) is 6.01. The average molecular weight is 139 g/mol. The van der Waals surface area contributed by atoms with E-state index >= 15 is 0 Å². The van der Waals surface area contributed by atoms with E-state index in [2.05, 4.69) is 9.98 Å². The maximum absolute atomic E-state index is 3.94. The Labute approximate surface area is 61.8 Å². The minimum absolute atomic E-state index is 1.69. The molecule has 0 spiro atoms. The fraction of sp³-hybridized carbons (Fsp3) is 0.429. The Hall–Kier alpha value is -1.12. The molecule has 3 heteroatoms. The fourth-order valence-corrected chi connectivity index (χ4v) is 0.442. The van der Waals surface area contributed by atoms with Crippen molar-refractivity contribution in [3.05, 3.63) is 12.3 Å². The highest BCUT2D eigenvalue weighted by molar-refractivity contribution is 5.74. The highest BCUT2D eigenvalue weighted by atomic mass is 15.1. The minimum Gasteiger partial charge on any atom is -0.327 e. The van der Waals surface area contributed by atoms with Crippen molar-refractivity contribution in [1.82, 2.24) is 4.90 Å². The first-order valence-corrected chi connectivity index (χ1v) is 3.10. The van der Waals surface area contributed by atoms with Gasteiger partial charge < -0.3 is 4.90 Å². The van der Waals surface area contributed by atoms with Gasteiger partial charge in [0.05, 0.1) is 12.7 Å². The summed E-state index contributed by atoms with van der Waals surface area (Å²) in [5, 5.41) is 0. The molecule has 0 atom stereocenters. The summed E-state index contributed by atoms with van der Waals surface area (Å²) in [5.74, 6) is 0. The highest BCUT2D eigenvalue weighted by Gasteiger charge is 1.77. The number of nitrogens with zero attached hydrogens (tertiary/aromatic N) is 3. The molecule has 0 heterocycles. The van der Waals surface area contributed by atoms with E-state index < -0.39 is 0 Å². The molecule has 0 amide bonds. The van der Waals surface area contributed by atoms with Crippen LogP contribution in [0.4, 0.5) is 0 Å². The van der Waals surface area contributed by atoms with Crippen LogP contribution >= 0.6 is 0 Å². The second-order valence-corrected chi connectivity index (χ2v) is 1.79. The molecule has 0 aliphatic rings. The van der Waals surface area contributed by atoms with Gasteiger partial charge >= 0.3 is 0 Å². The van der Waals surface area contributed by atoms with Crippen molar-refractivity contribution in [2.24, 2.45) is 9.98 Å². The zero-order valence-electron chi connectivity index (χ0n) is 6.65. The predicted molar refractivity (Wildman–Crippen MR) is 45.5 cm³/mol. The maximum Gasteiger partial charge on any atom is 0.0953 e. The first kappa shape index (κ1) is 8.88. The van der Waals surface area contributed by atoms with Crippen molar-refractivity contribution in [3.63, 3.8) is 0 Å². The van der Waals surface area contributed by atoms with Gasteiger partial charge in [-0.05, 0) is 6.92 Å². The lowest BCUT2D eigenvalue weighted by Crippen LogP contribution is -2.12. The Morgan fingerprint density at radius 3 is 2.50 bits per heavy atom. The molecule has 0 saturated carbocycles. The molecule has 0 aromatic heterocycles. The quantitative estimate of drug-likeness (QED) is 0.425. The van der Waals surface area contributed by atoms with Crippen LogP contribution in [0.2, 0.25) is 0 Å². The molecule has 0 radical (unpaired) electrons. The Bertz CT molecular complexity index is 147. The molecule has 10 heavy (non-hydrogen) atoms. The molecule has 0 bridgehead atoms. The van der Waals surface area contributed by atoms with Crippen LogP contribution in [0.3, 0.4) is 0 Å². The lowest BCUT2D eigenvalue weighted by molar-refractivity contribution is 0.799. The largest absolute Gasteiger partial charge is 0.327 e. The van der Waals surface area contributed by atoms with Crippen LogP contribution in [0.1, 0.15) is 6.92 Å². The van der Waals surface area contributed by atoms with Gasteiger partial charge in [-0.15, -0.1) is 0 Å². The van der Waals surface area contributed by atoms with Gasteiger partial charge in [-0.1, -0.05) is 6.08 Å². The molecule has 0 rings (SSSR count).